The third-order valence-corrected chi connectivity index (χ3v) is 3.68. The van der Waals surface area contributed by atoms with Gasteiger partial charge in [0.15, 0.2) is 0 Å². The predicted octanol–water partition coefficient (Wildman–Crippen LogP) is 4.93. The van der Waals surface area contributed by atoms with Gasteiger partial charge in [0.25, 0.3) is 0 Å². The fourth-order valence-electron chi connectivity index (χ4n) is 1.61. The van der Waals surface area contributed by atoms with E-state index in [2.05, 4.69) is 26.2 Å². The molecular weight excluding hydrogens is 359 g/mol. The molecule has 0 aliphatic carbocycles. The lowest BCUT2D eigenvalue weighted by Gasteiger charge is -2.11. The fraction of sp³-hybridized carbons (Fsp3) is 0.267. The zero-order valence-electron chi connectivity index (χ0n) is 11.7. The van der Waals surface area contributed by atoms with E-state index in [1.807, 2.05) is 13.8 Å². The van der Waals surface area contributed by atoms with Crippen molar-refractivity contribution in [3.05, 3.63) is 51.3 Å². The zero-order valence-corrected chi connectivity index (χ0v) is 14.0. The van der Waals surface area contributed by atoms with Gasteiger partial charge in [-0.25, -0.2) is 9.37 Å². The van der Waals surface area contributed by atoms with Gasteiger partial charge in [0.2, 0.25) is 5.88 Å². The maximum Gasteiger partial charge on any atom is 0.219 e. The van der Waals surface area contributed by atoms with E-state index in [1.165, 1.54) is 12.1 Å². The fourth-order valence-corrected chi connectivity index (χ4v) is 2.11. The molecule has 0 saturated carbocycles. The molecule has 2 aromatic rings. The number of pyridine rings is 1. The maximum atomic E-state index is 13.3. The molecule has 112 valence electrons. The molecule has 0 bridgehead atoms. The number of rotatable bonds is 5. The van der Waals surface area contributed by atoms with Crippen molar-refractivity contribution in [3.63, 3.8) is 0 Å². The molecule has 21 heavy (non-hydrogen) atoms. The zero-order chi connectivity index (χ0) is 15.4. The third-order valence-electron chi connectivity index (χ3n) is 2.68. The number of nitrogens with one attached hydrogen (secondary N) is 1. The quantitative estimate of drug-likeness (QED) is 0.807. The minimum Gasteiger partial charge on any atom is -0.438 e. The summed E-state index contributed by atoms with van der Waals surface area (Å²) >= 11 is 9.42. The molecule has 0 spiro atoms. The summed E-state index contributed by atoms with van der Waals surface area (Å²) in [6, 6.07) is 7.93. The summed E-state index contributed by atoms with van der Waals surface area (Å²) in [5.74, 6) is 0.364. The van der Waals surface area contributed by atoms with Crippen LogP contribution < -0.4 is 10.1 Å². The van der Waals surface area contributed by atoms with Crippen LogP contribution in [0.4, 0.5) is 4.39 Å². The first-order valence-electron chi connectivity index (χ1n) is 6.47. The van der Waals surface area contributed by atoms with E-state index >= 15 is 0 Å². The van der Waals surface area contributed by atoms with E-state index in [0.29, 0.717) is 39.4 Å². The largest absolute Gasteiger partial charge is 0.438 e. The average Bonchev–Trinajstić information content (AvgIpc) is 2.43. The van der Waals surface area contributed by atoms with Crippen molar-refractivity contribution >= 4 is 27.5 Å². The van der Waals surface area contributed by atoms with Crippen LogP contribution >= 0.6 is 27.5 Å². The van der Waals surface area contributed by atoms with Gasteiger partial charge < -0.3 is 10.1 Å². The third kappa shape index (κ3) is 4.66. The highest BCUT2D eigenvalue weighted by molar-refractivity contribution is 9.10. The van der Waals surface area contributed by atoms with Gasteiger partial charge in [-0.2, -0.15) is 0 Å². The first kappa shape index (κ1) is 16.2. The second kappa shape index (κ2) is 7.20. The van der Waals surface area contributed by atoms with Crippen molar-refractivity contribution in [1.29, 1.82) is 0 Å². The van der Waals surface area contributed by atoms with E-state index in [0.717, 1.165) is 0 Å². The molecule has 0 aliphatic heterocycles. The minimum atomic E-state index is -0.371. The van der Waals surface area contributed by atoms with Crippen LogP contribution in [0.25, 0.3) is 0 Å². The minimum absolute atomic E-state index is 0.324. The Hall–Kier alpha value is -1.17. The monoisotopic (exact) mass is 372 g/mol. The van der Waals surface area contributed by atoms with Gasteiger partial charge in [0, 0.05) is 24.7 Å². The molecule has 3 nitrogen and oxygen atoms in total. The summed E-state index contributed by atoms with van der Waals surface area (Å²) in [5, 5.41) is 3.81. The first-order valence-corrected chi connectivity index (χ1v) is 7.64. The molecule has 1 N–H and O–H groups in total. The van der Waals surface area contributed by atoms with Crippen molar-refractivity contribution in [2.24, 2.45) is 0 Å². The van der Waals surface area contributed by atoms with Crippen LogP contribution in [0.3, 0.4) is 0 Å². The van der Waals surface area contributed by atoms with E-state index in [1.54, 1.807) is 18.2 Å². The number of halogens is 3. The lowest BCUT2D eigenvalue weighted by Crippen LogP contribution is -2.22. The van der Waals surface area contributed by atoms with Gasteiger partial charge in [-0.05, 0) is 34.1 Å². The molecule has 1 heterocycles. The molecule has 0 unspecified atom stereocenters. The highest BCUT2D eigenvalue weighted by Gasteiger charge is 2.09. The average molecular weight is 374 g/mol. The summed E-state index contributed by atoms with van der Waals surface area (Å²) in [6.45, 7) is 4.62. The van der Waals surface area contributed by atoms with Gasteiger partial charge in [0.05, 0.1) is 15.2 Å². The number of hydrogen-bond acceptors (Lipinski definition) is 3. The second-order valence-electron chi connectivity index (χ2n) is 4.79. The van der Waals surface area contributed by atoms with E-state index in [-0.39, 0.29) is 5.82 Å². The molecule has 6 heteroatoms. The van der Waals surface area contributed by atoms with E-state index in [9.17, 15) is 4.39 Å². The van der Waals surface area contributed by atoms with Crippen molar-refractivity contribution in [2.75, 3.05) is 0 Å². The van der Waals surface area contributed by atoms with Gasteiger partial charge in [-0.15, -0.1) is 0 Å². The normalized spacial score (nSPS) is 11.0. The summed E-state index contributed by atoms with van der Waals surface area (Å²) in [4.78, 5) is 4.35. The van der Waals surface area contributed by atoms with Crippen molar-refractivity contribution < 1.29 is 9.13 Å². The number of benzene rings is 1. The number of hydrogen-bond donors (Lipinski definition) is 1. The Labute approximate surface area is 136 Å². The van der Waals surface area contributed by atoms with Gasteiger partial charge in [-0.1, -0.05) is 25.4 Å². The van der Waals surface area contributed by atoms with Crippen LogP contribution in [0, 0.1) is 5.82 Å². The Morgan fingerprint density at radius 1 is 1.33 bits per heavy atom. The predicted molar refractivity (Wildman–Crippen MR) is 85.4 cm³/mol. The van der Waals surface area contributed by atoms with Crippen LogP contribution in [-0.2, 0) is 6.54 Å². The Kier molecular flexibility index (Phi) is 5.56. The van der Waals surface area contributed by atoms with E-state index in [4.69, 9.17) is 16.3 Å². The highest BCUT2D eigenvalue weighted by atomic mass is 79.9. The topological polar surface area (TPSA) is 34.2 Å². The molecule has 0 amide bonds. The van der Waals surface area contributed by atoms with Crippen molar-refractivity contribution in [2.45, 2.75) is 26.4 Å². The lowest BCUT2D eigenvalue weighted by molar-refractivity contribution is 0.451. The maximum absolute atomic E-state index is 13.3. The number of nitrogens with zero attached hydrogens (tertiary/aromatic N) is 1. The van der Waals surface area contributed by atoms with Gasteiger partial charge in [-0.3, -0.25) is 0 Å². The number of aromatic nitrogens is 1. The smallest absolute Gasteiger partial charge is 0.219 e. The SMILES string of the molecule is CC(C)NCc1nc(Oc2cc(F)ccc2Br)ccc1Cl. The summed E-state index contributed by atoms with van der Waals surface area (Å²) < 4.78 is 19.5. The molecule has 2 rings (SSSR count). The van der Waals surface area contributed by atoms with Gasteiger partial charge in [0.1, 0.15) is 11.6 Å². The molecule has 1 aromatic heterocycles. The molecule has 0 fully saturated rings. The van der Waals surface area contributed by atoms with E-state index < -0.39 is 0 Å². The number of ether oxygens (including phenoxy) is 1. The first-order chi connectivity index (χ1) is 9.95. The Morgan fingerprint density at radius 2 is 2.10 bits per heavy atom. The molecular formula is C15H15BrClFN2O. The Bertz CT molecular complexity index is 637. The summed E-state index contributed by atoms with van der Waals surface area (Å²) in [5.41, 5.74) is 0.690. The molecule has 0 saturated heterocycles. The molecule has 0 atom stereocenters. The van der Waals surface area contributed by atoms with Crippen LogP contribution in [0.1, 0.15) is 19.5 Å². The van der Waals surface area contributed by atoms with Crippen LogP contribution in [0.2, 0.25) is 5.02 Å². The highest BCUT2D eigenvalue weighted by Crippen LogP contribution is 2.30. The Balaban J connectivity index is 2.20. The Morgan fingerprint density at radius 3 is 2.81 bits per heavy atom. The second-order valence-corrected chi connectivity index (χ2v) is 6.05. The van der Waals surface area contributed by atoms with Gasteiger partial charge >= 0.3 is 0 Å². The van der Waals surface area contributed by atoms with Crippen LogP contribution in [-0.4, -0.2) is 11.0 Å². The summed E-state index contributed by atoms with van der Waals surface area (Å²) in [6.07, 6.45) is 0. The molecule has 0 radical (unpaired) electrons. The van der Waals surface area contributed by atoms with Crippen molar-refractivity contribution in [1.82, 2.24) is 10.3 Å². The lowest BCUT2D eigenvalue weighted by atomic mass is 10.3. The van der Waals surface area contributed by atoms with Crippen LogP contribution in [0.5, 0.6) is 11.6 Å². The van der Waals surface area contributed by atoms with Crippen LogP contribution in [0.15, 0.2) is 34.8 Å². The van der Waals surface area contributed by atoms with Crippen molar-refractivity contribution in [3.8, 4) is 11.6 Å². The molecule has 1 aromatic carbocycles. The standard InChI is InChI=1S/C15H15BrClFN2O/c1-9(2)19-8-13-12(17)5-6-15(20-13)21-14-7-10(18)3-4-11(14)16/h3-7,9,19H,8H2,1-2H3. The molecule has 0 aliphatic rings. The summed E-state index contributed by atoms with van der Waals surface area (Å²) in [7, 11) is 0.